The Morgan fingerprint density at radius 1 is 1.38 bits per heavy atom. The minimum absolute atomic E-state index is 0.00968. The van der Waals surface area contributed by atoms with Crippen molar-refractivity contribution in [3.63, 3.8) is 0 Å². The summed E-state index contributed by atoms with van der Waals surface area (Å²) in [7, 11) is 0. The maximum absolute atomic E-state index is 12.0. The van der Waals surface area contributed by atoms with Crippen LogP contribution in [0.4, 0.5) is 5.69 Å². The van der Waals surface area contributed by atoms with Gasteiger partial charge in [-0.1, -0.05) is 0 Å². The van der Waals surface area contributed by atoms with E-state index in [0.717, 1.165) is 21.3 Å². The van der Waals surface area contributed by atoms with Crippen LogP contribution in [0.5, 0.6) is 0 Å². The Kier molecular flexibility index (Phi) is 4.28. The molecule has 1 atom stereocenters. The average Bonchev–Trinajstić information content (AvgIpc) is 3.15. The molecule has 2 heterocycles. The first-order valence-electron chi connectivity index (χ1n) is 6.64. The number of anilines is 1. The highest BCUT2D eigenvalue weighted by Gasteiger charge is 2.10. The van der Waals surface area contributed by atoms with Crippen LogP contribution in [-0.4, -0.2) is 10.3 Å². The van der Waals surface area contributed by atoms with Crippen LogP contribution in [0.1, 0.15) is 24.4 Å². The average molecular weight is 317 g/mol. The summed E-state index contributed by atoms with van der Waals surface area (Å²) in [4.78, 5) is 12.0. The Bertz CT molecular complexity index is 736. The second kappa shape index (κ2) is 6.34. The monoisotopic (exact) mass is 317 g/mol. The summed E-state index contributed by atoms with van der Waals surface area (Å²) < 4.78 is 5.19. The van der Waals surface area contributed by atoms with Crippen molar-refractivity contribution < 1.29 is 4.79 Å². The van der Waals surface area contributed by atoms with Crippen molar-refractivity contribution in [2.24, 2.45) is 5.73 Å². The molecular weight excluding hydrogens is 302 g/mol. The molecule has 0 fully saturated rings. The zero-order valence-electron chi connectivity index (χ0n) is 11.3. The summed E-state index contributed by atoms with van der Waals surface area (Å²) >= 11 is 3.05. The van der Waals surface area contributed by atoms with Gasteiger partial charge in [0.05, 0.1) is 4.70 Å². The lowest BCUT2D eigenvalue weighted by Crippen LogP contribution is -2.16. The van der Waals surface area contributed by atoms with Gasteiger partial charge >= 0.3 is 0 Å². The molecule has 0 spiro atoms. The standard InChI is InChI=1S/C15H15N3OS2/c16-13(11-5-6-20-9-11)3-4-15(19)18-12-2-1-10-8-17-21-14(10)7-12/h1-2,5-9,13H,3-4,16H2,(H,18,19). The van der Waals surface area contributed by atoms with E-state index in [2.05, 4.69) is 9.69 Å². The van der Waals surface area contributed by atoms with Crippen LogP contribution in [-0.2, 0) is 4.79 Å². The molecule has 3 N–H and O–H groups in total. The topological polar surface area (TPSA) is 68.0 Å². The number of rotatable bonds is 5. The maximum atomic E-state index is 12.0. The van der Waals surface area contributed by atoms with E-state index in [9.17, 15) is 4.79 Å². The van der Waals surface area contributed by atoms with Gasteiger partial charge in [0.2, 0.25) is 5.91 Å². The van der Waals surface area contributed by atoms with Crippen molar-refractivity contribution in [3.8, 4) is 0 Å². The first-order valence-corrected chi connectivity index (χ1v) is 8.36. The number of fused-ring (bicyclic) bond motifs is 1. The molecule has 21 heavy (non-hydrogen) atoms. The molecule has 4 nitrogen and oxygen atoms in total. The zero-order valence-corrected chi connectivity index (χ0v) is 12.9. The normalized spacial score (nSPS) is 12.4. The molecule has 1 unspecified atom stereocenters. The third-order valence-electron chi connectivity index (χ3n) is 3.29. The van der Waals surface area contributed by atoms with Crippen LogP contribution < -0.4 is 11.1 Å². The summed E-state index contributed by atoms with van der Waals surface area (Å²) in [5, 5.41) is 8.03. The highest BCUT2D eigenvalue weighted by molar-refractivity contribution is 7.13. The van der Waals surface area contributed by atoms with E-state index >= 15 is 0 Å². The fourth-order valence-electron chi connectivity index (χ4n) is 2.10. The number of amides is 1. The van der Waals surface area contributed by atoms with Gasteiger partial charge in [0, 0.05) is 29.7 Å². The lowest BCUT2D eigenvalue weighted by molar-refractivity contribution is -0.116. The number of thiophene rings is 1. The largest absolute Gasteiger partial charge is 0.326 e. The smallest absolute Gasteiger partial charge is 0.224 e. The molecule has 6 heteroatoms. The van der Waals surface area contributed by atoms with Crippen molar-refractivity contribution in [2.45, 2.75) is 18.9 Å². The Balaban J connectivity index is 1.56. The second-order valence-corrected chi connectivity index (χ2v) is 6.44. The minimum Gasteiger partial charge on any atom is -0.326 e. The summed E-state index contributed by atoms with van der Waals surface area (Å²) in [5.41, 5.74) is 7.96. The molecule has 2 aromatic heterocycles. The fraction of sp³-hybridized carbons (Fsp3) is 0.200. The van der Waals surface area contributed by atoms with E-state index < -0.39 is 0 Å². The number of nitrogens with zero attached hydrogens (tertiary/aromatic N) is 1. The second-order valence-electron chi connectivity index (χ2n) is 4.83. The Morgan fingerprint density at radius 2 is 2.29 bits per heavy atom. The van der Waals surface area contributed by atoms with Crippen LogP contribution in [0.15, 0.2) is 41.2 Å². The molecule has 3 rings (SSSR count). The number of hydrogen-bond acceptors (Lipinski definition) is 5. The molecule has 0 bridgehead atoms. The van der Waals surface area contributed by atoms with Gasteiger partial charge in [0.15, 0.2) is 0 Å². The molecule has 0 saturated carbocycles. The van der Waals surface area contributed by atoms with Crippen molar-refractivity contribution >= 4 is 44.5 Å². The number of carbonyl (C=O) groups excluding carboxylic acids is 1. The predicted octanol–water partition coefficient (Wildman–Crippen LogP) is 3.78. The zero-order chi connectivity index (χ0) is 14.7. The summed E-state index contributed by atoms with van der Waals surface area (Å²) in [6.45, 7) is 0. The van der Waals surface area contributed by atoms with Gasteiger partial charge in [0.1, 0.15) is 0 Å². The summed E-state index contributed by atoms with van der Waals surface area (Å²) in [6.07, 6.45) is 2.88. The Labute approximate surface area is 130 Å². The van der Waals surface area contributed by atoms with Crippen LogP contribution >= 0.6 is 22.9 Å². The summed E-state index contributed by atoms with van der Waals surface area (Å²) in [6, 6.07) is 7.74. The van der Waals surface area contributed by atoms with E-state index in [-0.39, 0.29) is 11.9 Å². The number of aromatic nitrogens is 1. The van der Waals surface area contributed by atoms with Gasteiger partial charge in [-0.15, -0.1) is 0 Å². The van der Waals surface area contributed by atoms with Gasteiger partial charge in [-0.25, -0.2) is 0 Å². The fourth-order valence-corrected chi connectivity index (χ4v) is 3.51. The van der Waals surface area contributed by atoms with E-state index in [1.807, 2.05) is 41.2 Å². The van der Waals surface area contributed by atoms with E-state index in [4.69, 9.17) is 5.73 Å². The predicted molar refractivity (Wildman–Crippen MR) is 88.7 cm³/mol. The summed E-state index contributed by atoms with van der Waals surface area (Å²) in [5.74, 6) is -0.00968. The number of hydrogen-bond donors (Lipinski definition) is 2. The van der Waals surface area contributed by atoms with Gasteiger partial charge in [0.25, 0.3) is 0 Å². The maximum Gasteiger partial charge on any atom is 0.224 e. The van der Waals surface area contributed by atoms with Crippen molar-refractivity contribution in [2.75, 3.05) is 5.32 Å². The molecular formula is C15H15N3OS2. The molecule has 1 aromatic carbocycles. The lowest BCUT2D eigenvalue weighted by atomic mass is 10.1. The van der Waals surface area contributed by atoms with Crippen LogP contribution in [0, 0.1) is 0 Å². The van der Waals surface area contributed by atoms with Crippen LogP contribution in [0.3, 0.4) is 0 Å². The first-order chi connectivity index (χ1) is 10.2. The molecule has 108 valence electrons. The highest BCUT2D eigenvalue weighted by Crippen LogP contribution is 2.23. The Morgan fingerprint density at radius 3 is 3.10 bits per heavy atom. The molecule has 1 amide bonds. The molecule has 0 aliphatic rings. The van der Waals surface area contributed by atoms with Gasteiger partial charge in [-0.3, -0.25) is 4.79 Å². The molecule has 3 aromatic rings. The number of nitrogens with two attached hydrogens (primary N) is 1. The number of carbonyl (C=O) groups is 1. The van der Waals surface area contributed by atoms with Crippen LogP contribution in [0.25, 0.3) is 10.1 Å². The van der Waals surface area contributed by atoms with Crippen molar-refractivity contribution in [1.82, 2.24) is 4.37 Å². The molecule has 0 saturated heterocycles. The molecule has 0 aliphatic heterocycles. The van der Waals surface area contributed by atoms with E-state index in [1.54, 1.807) is 11.3 Å². The van der Waals surface area contributed by atoms with E-state index in [0.29, 0.717) is 12.8 Å². The highest BCUT2D eigenvalue weighted by atomic mass is 32.1. The van der Waals surface area contributed by atoms with Crippen molar-refractivity contribution in [3.05, 3.63) is 46.8 Å². The first kappa shape index (κ1) is 14.2. The van der Waals surface area contributed by atoms with Crippen molar-refractivity contribution in [1.29, 1.82) is 0 Å². The quantitative estimate of drug-likeness (QED) is 0.752. The van der Waals surface area contributed by atoms with Gasteiger partial charge in [-0.05, 0) is 58.5 Å². The SMILES string of the molecule is NC(CCC(=O)Nc1ccc2cnsc2c1)c1ccsc1. The molecule has 0 aliphatic carbocycles. The lowest BCUT2D eigenvalue weighted by Gasteiger charge is -2.10. The minimum atomic E-state index is -0.0778. The number of benzene rings is 1. The van der Waals surface area contributed by atoms with Crippen LogP contribution in [0.2, 0.25) is 0 Å². The molecule has 0 radical (unpaired) electrons. The van der Waals surface area contributed by atoms with Gasteiger partial charge < -0.3 is 11.1 Å². The number of nitrogens with one attached hydrogen (secondary N) is 1. The van der Waals surface area contributed by atoms with E-state index in [1.165, 1.54) is 11.5 Å². The third kappa shape index (κ3) is 3.47. The van der Waals surface area contributed by atoms with Gasteiger partial charge in [-0.2, -0.15) is 15.7 Å². The Hall–Kier alpha value is -1.76. The third-order valence-corrected chi connectivity index (χ3v) is 4.76.